The number of aliphatic hydroxyl groups excluding tert-OH is 4. The predicted octanol–water partition coefficient (Wildman–Crippen LogP) is -0.645. The zero-order chi connectivity index (χ0) is 10.6. The average Bonchev–Trinajstić information content (AvgIpc) is 2.14. The summed E-state index contributed by atoms with van der Waals surface area (Å²) in [5.74, 6) is -0.388. The van der Waals surface area contributed by atoms with Crippen molar-refractivity contribution in [2.45, 2.75) is 33.0 Å². The highest BCUT2D eigenvalue weighted by molar-refractivity contribution is 4.84. The summed E-state index contributed by atoms with van der Waals surface area (Å²) in [6, 6.07) is 0. The molecule has 0 aromatic carbocycles. The van der Waals surface area contributed by atoms with Crippen molar-refractivity contribution < 1.29 is 20.4 Å². The maximum Gasteiger partial charge on any atom is 0.0875 e. The van der Waals surface area contributed by atoms with Gasteiger partial charge in [0.2, 0.25) is 0 Å². The third-order valence-corrected chi connectivity index (χ3v) is 2.40. The monoisotopic (exact) mass is 192 g/mol. The van der Waals surface area contributed by atoms with Gasteiger partial charge < -0.3 is 20.4 Å². The SMILES string of the molecule is CC(CO)C(O)C(O)C(C)(C)CO. The second-order valence-corrected chi connectivity index (χ2v) is 4.24. The molecular weight excluding hydrogens is 172 g/mol. The molecule has 0 spiro atoms. The highest BCUT2D eigenvalue weighted by Crippen LogP contribution is 2.25. The van der Waals surface area contributed by atoms with Crippen molar-refractivity contribution in [3.63, 3.8) is 0 Å². The van der Waals surface area contributed by atoms with Crippen molar-refractivity contribution >= 4 is 0 Å². The van der Waals surface area contributed by atoms with Gasteiger partial charge in [-0.2, -0.15) is 0 Å². The Kier molecular flexibility index (Phi) is 4.85. The van der Waals surface area contributed by atoms with Gasteiger partial charge in [-0.25, -0.2) is 0 Å². The molecule has 80 valence electrons. The van der Waals surface area contributed by atoms with Gasteiger partial charge in [0.15, 0.2) is 0 Å². The number of hydrogen-bond donors (Lipinski definition) is 4. The van der Waals surface area contributed by atoms with Crippen LogP contribution >= 0.6 is 0 Å². The molecule has 3 atom stereocenters. The van der Waals surface area contributed by atoms with Crippen LogP contribution in [0.3, 0.4) is 0 Å². The Balaban J connectivity index is 4.32. The summed E-state index contributed by atoms with van der Waals surface area (Å²) in [4.78, 5) is 0. The molecule has 0 saturated heterocycles. The van der Waals surface area contributed by atoms with Gasteiger partial charge in [-0.15, -0.1) is 0 Å². The van der Waals surface area contributed by atoms with Crippen LogP contribution in [0, 0.1) is 11.3 Å². The number of rotatable bonds is 5. The molecule has 0 aliphatic heterocycles. The predicted molar refractivity (Wildman–Crippen MR) is 49.1 cm³/mol. The number of aliphatic hydroxyl groups is 4. The second-order valence-electron chi connectivity index (χ2n) is 4.24. The summed E-state index contributed by atoms with van der Waals surface area (Å²) in [7, 11) is 0. The van der Waals surface area contributed by atoms with Gasteiger partial charge in [-0.05, 0) is 0 Å². The molecule has 0 rings (SSSR count). The Morgan fingerprint density at radius 3 is 1.92 bits per heavy atom. The van der Waals surface area contributed by atoms with E-state index >= 15 is 0 Å². The normalized spacial score (nSPS) is 19.6. The summed E-state index contributed by atoms with van der Waals surface area (Å²) in [6.45, 7) is 4.57. The maximum atomic E-state index is 9.63. The van der Waals surface area contributed by atoms with Gasteiger partial charge >= 0.3 is 0 Å². The largest absolute Gasteiger partial charge is 0.396 e. The average molecular weight is 192 g/mol. The van der Waals surface area contributed by atoms with E-state index in [1.165, 1.54) is 0 Å². The van der Waals surface area contributed by atoms with E-state index in [1.807, 2.05) is 0 Å². The standard InChI is InChI=1S/C9H20O4/c1-6(4-10)7(12)8(13)9(2,3)5-11/h6-8,10-13H,4-5H2,1-3H3. The summed E-state index contributed by atoms with van der Waals surface area (Å²) < 4.78 is 0. The molecular formula is C9H20O4. The quantitative estimate of drug-likeness (QED) is 0.467. The van der Waals surface area contributed by atoms with Gasteiger partial charge in [0.25, 0.3) is 0 Å². The van der Waals surface area contributed by atoms with E-state index in [4.69, 9.17) is 10.2 Å². The van der Waals surface area contributed by atoms with Crippen LogP contribution in [0.15, 0.2) is 0 Å². The van der Waals surface area contributed by atoms with Crippen molar-refractivity contribution in [2.75, 3.05) is 13.2 Å². The van der Waals surface area contributed by atoms with Crippen LogP contribution in [0.5, 0.6) is 0 Å². The first-order valence-electron chi connectivity index (χ1n) is 4.44. The summed E-state index contributed by atoms with van der Waals surface area (Å²) in [5.41, 5.74) is -0.747. The molecule has 0 radical (unpaired) electrons. The van der Waals surface area contributed by atoms with Gasteiger partial charge in [-0.3, -0.25) is 0 Å². The van der Waals surface area contributed by atoms with Crippen molar-refractivity contribution in [1.29, 1.82) is 0 Å². The van der Waals surface area contributed by atoms with Crippen molar-refractivity contribution in [3.05, 3.63) is 0 Å². The Hall–Kier alpha value is -0.160. The van der Waals surface area contributed by atoms with E-state index in [-0.39, 0.29) is 19.1 Å². The fourth-order valence-electron chi connectivity index (χ4n) is 0.975. The smallest absolute Gasteiger partial charge is 0.0875 e. The zero-order valence-corrected chi connectivity index (χ0v) is 8.44. The minimum Gasteiger partial charge on any atom is -0.396 e. The lowest BCUT2D eigenvalue weighted by atomic mass is 9.81. The van der Waals surface area contributed by atoms with E-state index < -0.39 is 17.6 Å². The van der Waals surface area contributed by atoms with E-state index in [2.05, 4.69) is 0 Å². The first-order chi connectivity index (χ1) is 5.86. The summed E-state index contributed by atoms with van der Waals surface area (Å²) in [6.07, 6.45) is -2.04. The van der Waals surface area contributed by atoms with E-state index in [0.717, 1.165) is 0 Å². The molecule has 4 heteroatoms. The molecule has 3 unspecified atom stereocenters. The topological polar surface area (TPSA) is 80.9 Å². The van der Waals surface area contributed by atoms with Crippen LogP contribution in [0.4, 0.5) is 0 Å². The molecule has 4 N–H and O–H groups in total. The molecule has 0 aromatic rings. The Labute approximate surface area is 78.8 Å². The van der Waals surface area contributed by atoms with Crippen LogP contribution in [-0.4, -0.2) is 45.8 Å². The van der Waals surface area contributed by atoms with Gasteiger partial charge in [0, 0.05) is 17.9 Å². The highest BCUT2D eigenvalue weighted by Gasteiger charge is 2.35. The lowest BCUT2D eigenvalue weighted by Gasteiger charge is -2.34. The molecule has 0 saturated carbocycles. The fourth-order valence-corrected chi connectivity index (χ4v) is 0.975. The third-order valence-electron chi connectivity index (χ3n) is 2.40. The van der Waals surface area contributed by atoms with Crippen LogP contribution in [-0.2, 0) is 0 Å². The van der Waals surface area contributed by atoms with Crippen LogP contribution in [0.1, 0.15) is 20.8 Å². The molecule has 0 aromatic heterocycles. The minimum atomic E-state index is -1.03. The van der Waals surface area contributed by atoms with Crippen molar-refractivity contribution in [3.8, 4) is 0 Å². The van der Waals surface area contributed by atoms with Crippen molar-refractivity contribution in [2.24, 2.45) is 11.3 Å². The van der Waals surface area contributed by atoms with Gasteiger partial charge in [-0.1, -0.05) is 20.8 Å². The van der Waals surface area contributed by atoms with Crippen LogP contribution in [0.25, 0.3) is 0 Å². The Morgan fingerprint density at radius 1 is 1.15 bits per heavy atom. The Bertz CT molecular complexity index is 147. The molecule has 0 bridgehead atoms. The first kappa shape index (κ1) is 12.8. The van der Waals surface area contributed by atoms with E-state index in [1.54, 1.807) is 20.8 Å². The minimum absolute atomic E-state index is 0.181. The van der Waals surface area contributed by atoms with E-state index in [9.17, 15) is 10.2 Å². The van der Waals surface area contributed by atoms with Gasteiger partial charge in [0.05, 0.1) is 18.8 Å². The number of hydrogen-bond acceptors (Lipinski definition) is 4. The zero-order valence-electron chi connectivity index (χ0n) is 8.44. The molecule has 0 aliphatic rings. The van der Waals surface area contributed by atoms with Crippen LogP contribution in [0.2, 0.25) is 0 Å². The van der Waals surface area contributed by atoms with Crippen LogP contribution < -0.4 is 0 Å². The van der Waals surface area contributed by atoms with E-state index in [0.29, 0.717) is 0 Å². The first-order valence-corrected chi connectivity index (χ1v) is 4.44. The summed E-state index contributed by atoms with van der Waals surface area (Å²) in [5, 5.41) is 36.9. The summed E-state index contributed by atoms with van der Waals surface area (Å²) >= 11 is 0. The van der Waals surface area contributed by atoms with Gasteiger partial charge in [0.1, 0.15) is 0 Å². The molecule has 13 heavy (non-hydrogen) atoms. The lowest BCUT2D eigenvalue weighted by molar-refractivity contribution is -0.0957. The fraction of sp³-hybridized carbons (Fsp3) is 1.00. The maximum absolute atomic E-state index is 9.63. The Morgan fingerprint density at radius 2 is 1.62 bits per heavy atom. The lowest BCUT2D eigenvalue weighted by Crippen LogP contribution is -2.45. The molecule has 0 aliphatic carbocycles. The highest BCUT2D eigenvalue weighted by atomic mass is 16.3. The molecule has 0 heterocycles. The molecule has 4 nitrogen and oxygen atoms in total. The molecule has 0 amide bonds. The second kappa shape index (κ2) is 4.91. The van der Waals surface area contributed by atoms with Crippen molar-refractivity contribution in [1.82, 2.24) is 0 Å². The molecule has 0 fully saturated rings. The third kappa shape index (κ3) is 3.23.